The first kappa shape index (κ1) is 11.4. The number of nitrogens with zero attached hydrogens (tertiary/aromatic N) is 2. The molecule has 12 heavy (non-hydrogen) atoms. The van der Waals surface area contributed by atoms with Crippen LogP contribution in [0.5, 0.6) is 0 Å². The van der Waals surface area contributed by atoms with Gasteiger partial charge in [0.1, 0.15) is 5.82 Å². The Hall–Kier alpha value is -0.650. The summed E-state index contributed by atoms with van der Waals surface area (Å²) in [5, 5.41) is 0. The van der Waals surface area contributed by atoms with E-state index in [9.17, 15) is 4.79 Å². The van der Waals surface area contributed by atoms with Gasteiger partial charge in [0.15, 0.2) is 0 Å². The molecule has 0 spiro atoms. The van der Waals surface area contributed by atoms with Crippen LogP contribution in [0.2, 0.25) is 0 Å². The minimum atomic E-state index is -0.477. The SMILES string of the molecule is C=CCc1nc(N)nc(=O)[nH]1.[NaH]. The fraction of sp³-hybridized carbons (Fsp3) is 0.167. The number of H-pyrrole nitrogens is 1. The molecule has 0 fully saturated rings. The Labute approximate surface area is 91.4 Å². The van der Waals surface area contributed by atoms with Crippen molar-refractivity contribution in [2.45, 2.75) is 6.42 Å². The number of rotatable bonds is 2. The van der Waals surface area contributed by atoms with Crippen LogP contribution in [0, 0.1) is 0 Å². The van der Waals surface area contributed by atoms with Gasteiger partial charge in [-0.1, -0.05) is 6.08 Å². The fourth-order valence-electron chi connectivity index (χ4n) is 0.680. The van der Waals surface area contributed by atoms with E-state index >= 15 is 0 Å². The molecule has 0 aliphatic rings. The molecule has 0 aliphatic carbocycles. The van der Waals surface area contributed by atoms with E-state index in [1.807, 2.05) is 0 Å². The number of aromatic amines is 1. The molecule has 1 aromatic heterocycles. The van der Waals surface area contributed by atoms with Gasteiger partial charge in [-0.15, -0.1) is 6.58 Å². The van der Waals surface area contributed by atoms with Gasteiger partial charge in [-0.25, -0.2) is 4.79 Å². The summed E-state index contributed by atoms with van der Waals surface area (Å²) in [4.78, 5) is 20.2. The molecule has 0 aromatic carbocycles. The summed E-state index contributed by atoms with van der Waals surface area (Å²) >= 11 is 0. The number of anilines is 1. The number of allylic oxidation sites excluding steroid dienone is 1. The zero-order valence-electron chi connectivity index (χ0n) is 5.87. The van der Waals surface area contributed by atoms with Crippen molar-refractivity contribution in [1.29, 1.82) is 0 Å². The second kappa shape index (κ2) is 5.08. The first-order chi connectivity index (χ1) is 5.22. The number of nitrogen functional groups attached to an aromatic ring is 1. The van der Waals surface area contributed by atoms with Crippen LogP contribution in [0.25, 0.3) is 0 Å². The van der Waals surface area contributed by atoms with Gasteiger partial charge >= 0.3 is 35.2 Å². The first-order valence-electron chi connectivity index (χ1n) is 3.06. The van der Waals surface area contributed by atoms with E-state index in [4.69, 9.17) is 5.73 Å². The Bertz CT molecular complexity index is 322. The van der Waals surface area contributed by atoms with Gasteiger partial charge < -0.3 is 5.73 Å². The third-order valence-corrected chi connectivity index (χ3v) is 1.05. The van der Waals surface area contributed by atoms with E-state index in [2.05, 4.69) is 21.5 Å². The van der Waals surface area contributed by atoms with Gasteiger partial charge in [-0.05, 0) is 0 Å². The van der Waals surface area contributed by atoms with E-state index in [1.54, 1.807) is 6.08 Å². The van der Waals surface area contributed by atoms with Gasteiger partial charge in [-0.3, -0.25) is 4.98 Å². The summed E-state index contributed by atoms with van der Waals surface area (Å²) in [5.74, 6) is 0.475. The van der Waals surface area contributed by atoms with E-state index in [0.717, 1.165) is 0 Å². The van der Waals surface area contributed by atoms with Crippen LogP contribution in [0.15, 0.2) is 17.4 Å². The molecule has 0 radical (unpaired) electrons. The van der Waals surface area contributed by atoms with Crippen LogP contribution in [0.4, 0.5) is 5.95 Å². The Kier molecular flexibility index (Phi) is 4.80. The molecule has 5 nitrogen and oxygen atoms in total. The minimum absolute atomic E-state index is 0. The molecule has 0 unspecified atom stereocenters. The quantitative estimate of drug-likeness (QED) is 0.439. The Morgan fingerprint density at radius 1 is 1.58 bits per heavy atom. The summed E-state index contributed by atoms with van der Waals surface area (Å²) in [6.07, 6.45) is 2.11. The van der Waals surface area contributed by atoms with Crippen LogP contribution in [-0.2, 0) is 6.42 Å². The average Bonchev–Trinajstić information content (AvgIpc) is 1.85. The van der Waals surface area contributed by atoms with Crippen molar-refractivity contribution in [3.05, 3.63) is 29.0 Å². The molecule has 1 rings (SSSR count). The van der Waals surface area contributed by atoms with E-state index in [1.165, 1.54) is 0 Å². The molecule has 60 valence electrons. The maximum atomic E-state index is 10.7. The van der Waals surface area contributed by atoms with Gasteiger partial charge in [0.2, 0.25) is 5.95 Å². The Morgan fingerprint density at radius 3 is 2.75 bits per heavy atom. The second-order valence-electron chi connectivity index (χ2n) is 1.95. The zero-order valence-corrected chi connectivity index (χ0v) is 5.87. The van der Waals surface area contributed by atoms with Gasteiger partial charge in [0.05, 0.1) is 0 Å². The monoisotopic (exact) mass is 176 g/mol. The second-order valence-corrected chi connectivity index (χ2v) is 1.95. The maximum absolute atomic E-state index is 10.7. The van der Waals surface area contributed by atoms with E-state index in [0.29, 0.717) is 12.2 Å². The number of aromatic nitrogens is 3. The zero-order chi connectivity index (χ0) is 8.27. The standard InChI is InChI=1S/C6H8N4O.Na.H/c1-2-3-4-8-5(7)10-6(11)9-4;;/h2H,1,3H2,(H3,7,8,9,10,11);;. The Morgan fingerprint density at radius 2 is 2.25 bits per heavy atom. The summed E-state index contributed by atoms with van der Waals surface area (Å²) < 4.78 is 0. The van der Waals surface area contributed by atoms with Crippen LogP contribution in [0.1, 0.15) is 5.82 Å². The molecule has 0 aliphatic heterocycles. The molecule has 0 atom stereocenters. The van der Waals surface area contributed by atoms with Crippen LogP contribution in [0.3, 0.4) is 0 Å². The van der Waals surface area contributed by atoms with Crippen molar-refractivity contribution in [1.82, 2.24) is 15.0 Å². The van der Waals surface area contributed by atoms with E-state index in [-0.39, 0.29) is 35.5 Å². The van der Waals surface area contributed by atoms with Gasteiger partial charge in [0.25, 0.3) is 0 Å². The molecule has 1 aromatic rings. The van der Waals surface area contributed by atoms with Crippen LogP contribution in [-0.4, -0.2) is 44.5 Å². The third kappa shape index (κ3) is 3.17. The van der Waals surface area contributed by atoms with E-state index < -0.39 is 5.69 Å². The molecular formula is C6H9N4NaO. The molecule has 0 bridgehead atoms. The van der Waals surface area contributed by atoms with Crippen molar-refractivity contribution in [2.75, 3.05) is 5.73 Å². The molecule has 0 saturated carbocycles. The summed E-state index contributed by atoms with van der Waals surface area (Å²) in [5.41, 5.74) is 4.74. The topological polar surface area (TPSA) is 84.7 Å². The van der Waals surface area contributed by atoms with Crippen LogP contribution < -0.4 is 11.4 Å². The van der Waals surface area contributed by atoms with Crippen molar-refractivity contribution in [3.8, 4) is 0 Å². The third-order valence-electron chi connectivity index (χ3n) is 1.05. The van der Waals surface area contributed by atoms with Crippen molar-refractivity contribution >= 4 is 35.5 Å². The predicted molar refractivity (Wildman–Crippen MR) is 48.1 cm³/mol. The molecule has 1 heterocycles. The predicted octanol–water partition coefficient (Wildman–Crippen LogP) is -1.17. The summed E-state index contributed by atoms with van der Waals surface area (Å²) in [6, 6.07) is 0. The van der Waals surface area contributed by atoms with Gasteiger partial charge in [0, 0.05) is 6.42 Å². The fourth-order valence-corrected chi connectivity index (χ4v) is 0.680. The number of nitrogens with one attached hydrogen (secondary N) is 1. The summed E-state index contributed by atoms with van der Waals surface area (Å²) in [7, 11) is 0. The average molecular weight is 176 g/mol. The molecule has 0 amide bonds. The molecule has 6 heteroatoms. The molecule has 0 saturated heterocycles. The van der Waals surface area contributed by atoms with Crippen molar-refractivity contribution in [3.63, 3.8) is 0 Å². The first-order valence-corrected chi connectivity index (χ1v) is 3.06. The van der Waals surface area contributed by atoms with Crippen molar-refractivity contribution in [2.24, 2.45) is 0 Å². The van der Waals surface area contributed by atoms with Crippen LogP contribution >= 0.6 is 0 Å². The summed E-state index contributed by atoms with van der Waals surface area (Å²) in [6.45, 7) is 3.49. The number of hydrogen-bond donors (Lipinski definition) is 2. The number of hydrogen-bond acceptors (Lipinski definition) is 4. The number of nitrogens with two attached hydrogens (primary N) is 1. The molecular weight excluding hydrogens is 167 g/mol. The normalized spacial score (nSPS) is 8.67. The van der Waals surface area contributed by atoms with Crippen molar-refractivity contribution < 1.29 is 0 Å². The molecule has 3 N–H and O–H groups in total. The van der Waals surface area contributed by atoms with Gasteiger partial charge in [-0.2, -0.15) is 9.97 Å². The Balaban J connectivity index is 0.00000121.